The fraction of sp³-hybridized carbons (Fsp3) is 0.533. The molecule has 5 heteroatoms. The van der Waals surface area contributed by atoms with Crippen molar-refractivity contribution in [3.63, 3.8) is 0 Å². The van der Waals surface area contributed by atoms with E-state index in [1.54, 1.807) is 12.1 Å². The van der Waals surface area contributed by atoms with Crippen LogP contribution in [0.5, 0.6) is 5.75 Å². The normalized spacial score (nSPS) is 17.1. The summed E-state index contributed by atoms with van der Waals surface area (Å²) in [7, 11) is 1.43. The van der Waals surface area contributed by atoms with Gasteiger partial charge < -0.3 is 9.84 Å². The molecule has 1 aliphatic rings. The molecule has 110 valence electrons. The zero-order valence-corrected chi connectivity index (χ0v) is 11.6. The van der Waals surface area contributed by atoms with Crippen molar-refractivity contribution < 1.29 is 19.0 Å². The first-order valence-electron chi connectivity index (χ1n) is 6.88. The van der Waals surface area contributed by atoms with Crippen LogP contribution >= 0.6 is 0 Å². The fourth-order valence-electron chi connectivity index (χ4n) is 2.75. The van der Waals surface area contributed by atoms with Crippen molar-refractivity contribution in [2.75, 3.05) is 20.2 Å². The number of methoxy groups -OCH3 is 1. The summed E-state index contributed by atoms with van der Waals surface area (Å²) in [4.78, 5) is 13.2. The third-order valence-electron chi connectivity index (χ3n) is 3.75. The predicted molar refractivity (Wildman–Crippen MR) is 73.5 cm³/mol. The number of hydrogen-bond donors (Lipinski definition) is 1. The Kier molecular flexibility index (Phi) is 4.95. The molecule has 4 nitrogen and oxygen atoms in total. The minimum atomic E-state index is -0.809. The second-order valence-electron chi connectivity index (χ2n) is 5.17. The van der Waals surface area contributed by atoms with Crippen LogP contribution in [0.25, 0.3) is 0 Å². The highest BCUT2D eigenvalue weighted by Crippen LogP contribution is 2.22. The van der Waals surface area contributed by atoms with Gasteiger partial charge in [-0.05, 0) is 50.0 Å². The van der Waals surface area contributed by atoms with Crippen molar-refractivity contribution in [1.29, 1.82) is 0 Å². The molecule has 20 heavy (non-hydrogen) atoms. The second-order valence-corrected chi connectivity index (χ2v) is 5.17. The Morgan fingerprint density at radius 1 is 1.45 bits per heavy atom. The number of halogens is 1. The lowest BCUT2D eigenvalue weighted by molar-refractivity contribution is -0.138. The molecule has 0 saturated carbocycles. The number of ether oxygens (including phenoxy) is 1. The number of hydrogen-bond acceptors (Lipinski definition) is 3. The van der Waals surface area contributed by atoms with Gasteiger partial charge in [0.1, 0.15) is 0 Å². The maximum absolute atomic E-state index is 13.7. The first kappa shape index (κ1) is 14.8. The highest BCUT2D eigenvalue weighted by Gasteiger charge is 2.24. The van der Waals surface area contributed by atoms with E-state index in [0.29, 0.717) is 6.42 Å². The maximum atomic E-state index is 13.7. The number of nitrogens with zero attached hydrogens (tertiary/aromatic N) is 1. The summed E-state index contributed by atoms with van der Waals surface area (Å²) in [5.41, 5.74) is 0.807. The van der Waals surface area contributed by atoms with Crippen LogP contribution in [-0.4, -0.2) is 42.2 Å². The van der Waals surface area contributed by atoms with Crippen LogP contribution in [0.2, 0.25) is 0 Å². The number of carboxylic acid groups (broad SMARTS) is 1. The van der Waals surface area contributed by atoms with Crippen molar-refractivity contribution >= 4 is 5.97 Å². The Morgan fingerprint density at radius 2 is 2.15 bits per heavy atom. The number of likely N-dealkylation sites (tertiary alicyclic amines) is 1. The molecule has 1 heterocycles. The molecule has 1 atom stereocenters. The van der Waals surface area contributed by atoms with Gasteiger partial charge >= 0.3 is 5.97 Å². The molecule has 1 unspecified atom stereocenters. The molecule has 0 radical (unpaired) electrons. The zero-order chi connectivity index (χ0) is 14.5. The monoisotopic (exact) mass is 281 g/mol. The lowest BCUT2D eigenvalue weighted by Gasteiger charge is -2.26. The Balaban J connectivity index is 2.10. The minimum Gasteiger partial charge on any atom is -0.494 e. The number of carbonyl (C=O) groups is 1. The van der Waals surface area contributed by atoms with E-state index in [2.05, 4.69) is 4.90 Å². The smallest absolute Gasteiger partial charge is 0.304 e. The van der Waals surface area contributed by atoms with Crippen LogP contribution < -0.4 is 4.74 Å². The quantitative estimate of drug-likeness (QED) is 0.869. The van der Waals surface area contributed by atoms with Gasteiger partial charge in [0, 0.05) is 6.04 Å². The summed E-state index contributed by atoms with van der Waals surface area (Å²) in [5, 5.41) is 9.04. The molecular weight excluding hydrogens is 261 g/mol. The van der Waals surface area contributed by atoms with E-state index >= 15 is 0 Å². The zero-order valence-electron chi connectivity index (χ0n) is 11.6. The van der Waals surface area contributed by atoms with E-state index in [1.807, 2.05) is 0 Å². The molecule has 1 aliphatic heterocycles. The summed E-state index contributed by atoms with van der Waals surface area (Å²) in [6.45, 7) is 1.85. The molecule has 1 fully saturated rings. The number of benzene rings is 1. The third kappa shape index (κ3) is 3.70. The van der Waals surface area contributed by atoms with Crippen LogP contribution in [0.3, 0.4) is 0 Å². The van der Waals surface area contributed by atoms with Gasteiger partial charge in [-0.15, -0.1) is 0 Å². The van der Waals surface area contributed by atoms with Crippen molar-refractivity contribution in [3.8, 4) is 5.75 Å². The number of carboxylic acids is 1. The van der Waals surface area contributed by atoms with Crippen molar-refractivity contribution in [3.05, 3.63) is 29.6 Å². The van der Waals surface area contributed by atoms with E-state index < -0.39 is 11.8 Å². The van der Waals surface area contributed by atoms with Gasteiger partial charge in [0.25, 0.3) is 0 Å². The summed E-state index contributed by atoms with van der Waals surface area (Å²) in [6, 6.07) is 4.76. The molecule has 1 saturated heterocycles. The van der Waals surface area contributed by atoms with Crippen LogP contribution in [-0.2, 0) is 11.2 Å². The molecule has 1 aromatic rings. The van der Waals surface area contributed by atoms with Crippen molar-refractivity contribution in [2.24, 2.45) is 0 Å². The van der Waals surface area contributed by atoms with Gasteiger partial charge in [0.05, 0.1) is 13.5 Å². The second kappa shape index (κ2) is 6.70. The largest absolute Gasteiger partial charge is 0.494 e. The molecule has 0 spiro atoms. The Morgan fingerprint density at radius 3 is 2.70 bits per heavy atom. The van der Waals surface area contributed by atoms with Crippen LogP contribution in [0, 0.1) is 5.82 Å². The molecule has 0 aromatic heterocycles. The summed E-state index contributed by atoms with van der Waals surface area (Å²) in [5.74, 6) is -0.999. The Labute approximate surface area is 118 Å². The van der Waals surface area contributed by atoms with E-state index in [-0.39, 0.29) is 18.2 Å². The van der Waals surface area contributed by atoms with Gasteiger partial charge in [0.15, 0.2) is 11.6 Å². The summed E-state index contributed by atoms with van der Waals surface area (Å²) < 4.78 is 18.6. The average Bonchev–Trinajstić information content (AvgIpc) is 2.91. The van der Waals surface area contributed by atoms with E-state index in [9.17, 15) is 9.18 Å². The molecule has 1 aromatic carbocycles. The first-order valence-corrected chi connectivity index (χ1v) is 6.88. The maximum Gasteiger partial charge on any atom is 0.304 e. The highest BCUT2D eigenvalue weighted by atomic mass is 19.1. The molecular formula is C15H20FNO3. The van der Waals surface area contributed by atoms with E-state index in [1.165, 1.54) is 13.2 Å². The van der Waals surface area contributed by atoms with Crippen molar-refractivity contribution in [2.45, 2.75) is 31.7 Å². The third-order valence-corrected chi connectivity index (χ3v) is 3.75. The van der Waals surface area contributed by atoms with Gasteiger partial charge in [-0.2, -0.15) is 0 Å². The SMILES string of the molecule is COc1ccc(CC(CC(=O)O)N2CCCC2)cc1F. The lowest BCUT2D eigenvalue weighted by Crippen LogP contribution is -2.36. The molecule has 1 N–H and O–H groups in total. The van der Waals surface area contributed by atoms with E-state index in [4.69, 9.17) is 9.84 Å². The highest BCUT2D eigenvalue weighted by molar-refractivity contribution is 5.67. The van der Waals surface area contributed by atoms with Gasteiger partial charge in [-0.3, -0.25) is 9.69 Å². The fourth-order valence-corrected chi connectivity index (χ4v) is 2.75. The molecule has 0 amide bonds. The van der Waals surface area contributed by atoms with Crippen LogP contribution in [0.4, 0.5) is 4.39 Å². The molecule has 0 aliphatic carbocycles. The number of aliphatic carboxylic acids is 1. The van der Waals surface area contributed by atoms with E-state index in [0.717, 1.165) is 31.5 Å². The molecule has 0 bridgehead atoms. The van der Waals surface area contributed by atoms with Crippen LogP contribution in [0.15, 0.2) is 18.2 Å². The average molecular weight is 281 g/mol. The van der Waals surface area contributed by atoms with Gasteiger partial charge in [-0.1, -0.05) is 6.07 Å². The minimum absolute atomic E-state index is 0.0669. The topological polar surface area (TPSA) is 49.8 Å². The Hall–Kier alpha value is -1.62. The first-order chi connectivity index (χ1) is 9.60. The summed E-state index contributed by atoms with van der Waals surface area (Å²) >= 11 is 0. The van der Waals surface area contributed by atoms with Gasteiger partial charge in [-0.25, -0.2) is 4.39 Å². The predicted octanol–water partition coefficient (Wildman–Crippen LogP) is 2.32. The Bertz CT molecular complexity index is 472. The standard InChI is InChI=1S/C15H20FNO3/c1-20-14-5-4-11(9-13(14)16)8-12(10-15(18)19)17-6-2-3-7-17/h4-5,9,12H,2-3,6-8,10H2,1H3,(H,18,19). The molecule has 2 rings (SSSR count). The van der Waals surface area contributed by atoms with Crippen LogP contribution in [0.1, 0.15) is 24.8 Å². The summed E-state index contributed by atoms with van der Waals surface area (Å²) in [6.07, 6.45) is 2.85. The lowest BCUT2D eigenvalue weighted by atomic mass is 10.0. The van der Waals surface area contributed by atoms with Gasteiger partial charge in [0.2, 0.25) is 0 Å². The van der Waals surface area contributed by atoms with Crippen molar-refractivity contribution in [1.82, 2.24) is 4.90 Å². The number of rotatable bonds is 6.